The molecule has 0 rings (SSSR count). The Morgan fingerprint density at radius 3 is 2.33 bits per heavy atom. The summed E-state index contributed by atoms with van der Waals surface area (Å²) in [6.07, 6.45) is 0. The second kappa shape index (κ2) is 6.08. The Bertz CT molecular complexity index is 208. The van der Waals surface area contributed by atoms with E-state index in [4.69, 9.17) is 0 Å². The molecule has 0 aliphatic carbocycles. The maximum Gasteiger partial charge on any atom is 0.320 e. The molecule has 7 heteroatoms. The zero-order valence-electron chi connectivity index (χ0n) is 6.00. The number of alkyl halides is 1. The third kappa shape index (κ3) is 6.24. The van der Waals surface area contributed by atoms with Gasteiger partial charge in [-0.2, -0.15) is 0 Å². The van der Waals surface area contributed by atoms with Gasteiger partial charge in [-0.05, 0) is 9.24 Å². The molecule has 0 fully saturated rings. The van der Waals surface area contributed by atoms with Gasteiger partial charge in [0.15, 0.2) is 6.61 Å². The predicted molar refractivity (Wildman–Crippen MR) is 48.0 cm³/mol. The molecule has 0 saturated heterocycles. The van der Waals surface area contributed by atoms with E-state index in [1.165, 1.54) is 0 Å². The number of hydrogen-bond donors (Lipinski definition) is 1. The predicted octanol–water partition coefficient (Wildman–Crippen LogP) is 0.0358. The number of carbonyl (C=O) groups excluding carboxylic acids is 3. The summed E-state index contributed by atoms with van der Waals surface area (Å²) in [6, 6.07) is 0. The van der Waals surface area contributed by atoms with Gasteiger partial charge < -0.3 is 4.74 Å². The van der Waals surface area contributed by atoms with Gasteiger partial charge in [0.05, 0.1) is 5.33 Å². The fourth-order valence-electron chi connectivity index (χ4n) is 0.362. The van der Waals surface area contributed by atoms with Crippen LogP contribution in [0.4, 0.5) is 4.79 Å². The molecule has 0 aromatic rings. The third-order valence-electron chi connectivity index (χ3n) is 0.746. The van der Waals surface area contributed by atoms with E-state index >= 15 is 0 Å². The van der Waals surface area contributed by atoms with Gasteiger partial charge in [-0.1, -0.05) is 15.9 Å². The molecule has 1 atom stereocenters. The lowest BCUT2D eigenvalue weighted by Gasteiger charge is -2.01. The molecular weight excluding hydrogens is 249 g/mol. The Hall–Kier alpha value is -0.480. The first-order valence-electron chi connectivity index (χ1n) is 2.87. The van der Waals surface area contributed by atoms with Crippen LogP contribution in [0.5, 0.6) is 0 Å². The number of nitrogens with one attached hydrogen (secondary N) is 1. The normalized spacial score (nSPS) is 8.83. The molecule has 1 N–H and O–H groups in total. The van der Waals surface area contributed by atoms with Crippen LogP contribution in [0.1, 0.15) is 0 Å². The van der Waals surface area contributed by atoms with Crippen molar-refractivity contribution in [3.05, 3.63) is 0 Å². The second-order valence-corrected chi connectivity index (χ2v) is 2.74. The number of carbonyl (C=O) groups is 3. The van der Waals surface area contributed by atoms with Gasteiger partial charge in [-0.25, -0.2) is 4.79 Å². The Balaban J connectivity index is 3.60. The van der Waals surface area contributed by atoms with Crippen LogP contribution in [0, 0.1) is 0 Å². The Labute approximate surface area is 79.5 Å². The van der Waals surface area contributed by atoms with Gasteiger partial charge in [-0.15, -0.1) is 0 Å². The van der Waals surface area contributed by atoms with E-state index in [2.05, 4.69) is 20.7 Å². The van der Waals surface area contributed by atoms with E-state index in [1.807, 2.05) is 5.32 Å². The quantitative estimate of drug-likeness (QED) is 0.571. The van der Waals surface area contributed by atoms with Gasteiger partial charge in [0.1, 0.15) is 0 Å². The van der Waals surface area contributed by atoms with Crippen molar-refractivity contribution in [2.75, 3.05) is 11.9 Å². The number of amides is 2. The monoisotopic (exact) mass is 255 g/mol. The standard InChI is InChI=1S/C5H7BrNO4P/c6-1-3(8)7-4(9)2-11-5(10)12/h1-2,12H2,(H,7,8,9). The average Bonchev–Trinajstić information content (AvgIpc) is 2.00. The van der Waals surface area contributed by atoms with Crippen molar-refractivity contribution in [2.24, 2.45) is 0 Å². The van der Waals surface area contributed by atoms with Crippen molar-refractivity contribution in [1.82, 2.24) is 5.32 Å². The fourth-order valence-corrected chi connectivity index (χ4v) is 0.585. The van der Waals surface area contributed by atoms with Gasteiger partial charge in [0.25, 0.3) is 5.91 Å². The van der Waals surface area contributed by atoms with Gasteiger partial charge in [-0.3, -0.25) is 14.9 Å². The summed E-state index contributed by atoms with van der Waals surface area (Å²) in [5.41, 5.74) is -0.642. The first-order chi connectivity index (χ1) is 5.56. The number of ether oxygens (including phenoxy) is 1. The highest BCUT2D eigenvalue weighted by molar-refractivity contribution is 9.09. The number of hydrogen-bond acceptors (Lipinski definition) is 4. The summed E-state index contributed by atoms with van der Waals surface area (Å²) in [5.74, 6) is -1.12. The largest absolute Gasteiger partial charge is 0.453 e. The molecule has 0 heterocycles. The van der Waals surface area contributed by atoms with Crippen molar-refractivity contribution in [3.8, 4) is 0 Å². The second-order valence-electron chi connectivity index (χ2n) is 1.71. The first-order valence-corrected chi connectivity index (χ1v) is 4.57. The van der Waals surface area contributed by atoms with E-state index in [1.54, 1.807) is 9.24 Å². The van der Waals surface area contributed by atoms with Gasteiger partial charge >= 0.3 is 5.71 Å². The molecule has 1 unspecified atom stereocenters. The van der Waals surface area contributed by atoms with Crippen molar-refractivity contribution in [3.63, 3.8) is 0 Å². The molecule has 0 spiro atoms. The summed E-state index contributed by atoms with van der Waals surface area (Å²) in [4.78, 5) is 31.4. The van der Waals surface area contributed by atoms with E-state index in [-0.39, 0.29) is 5.33 Å². The molecule has 0 aromatic carbocycles. The molecule has 5 nitrogen and oxygen atoms in total. The van der Waals surface area contributed by atoms with Crippen LogP contribution in [0.3, 0.4) is 0 Å². The molecule has 12 heavy (non-hydrogen) atoms. The molecule has 68 valence electrons. The molecule has 0 bridgehead atoms. The third-order valence-corrected chi connectivity index (χ3v) is 1.42. The fraction of sp³-hybridized carbons (Fsp3) is 0.400. The van der Waals surface area contributed by atoms with E-state index in [9.17, 15) is 14.4 Å². The molecule has 0 aliphatic heterocycles. The molecule has 0 radical (unpaired) electrons. The smallest absolute Gasteiger partial charge is 0.320 e. The van der Waals surface area contributed by atoms with Gasteiger partial charge in [0, 0.05) is 0 Å². The van der Waals surface area contributed by atoms with E-state index in [0.717, 1.165) is 0 Å². The summed E-state index contributed by atoms with van der Waals surface area (Å²) in [6.45, 7) is -0.443. The highest BCUT2D eigenvalue weighted by Gasteiger charge is 2.06. The lowest BCUT2D eigenvalue weighted by Crippen LogP contribution is -2.34. The summed E-state index contributed by atoms with van der Waals surface area (Å²) in [5, 5.41) is 2.01. The Morgan fingerprint density at radius 2 is 1.92 bits per heavy atom. The maximum atomic E-state index is 10.7. The SMILES string of the molecule is O=C(CBr)NC(=O)COC(=O)P. The highest BCUT2D eigenvalue weighted by atomic mass is 79.9. The molecule has 0 aromatic heterocycles. The van der Waals surface area contributed by atoms with E-state index < -0.39 is 24.1 Å². The van der Waals surface area contributed by atoms with Crippen LogP contribution >= 0.6 is 25.2 Å². The zero-order valence-corrected chi connectivity index (χ0v) is 8.74. The average molecular weight is 256 g/mol. The molecular formula is C5H7BrNO4P. The maximum absolute atomic E-state index is 10.7. The van der Waals surface area contributed by atoms with Crippen molar-refractivity contribution >= 4 is 42.7 Å². The lowest BCUT2D eigenvalue weighted by molar-refractivity contribution is -0.130. The van der Waals surface area contributed by atoms with Gasteiger partial charge in [0.2, 0.25) is 5.91 Å². The molecule has 0 saturated carbocycles. The minimum atomic E-state index is -0.643. The summed E-state index contributed by atoms with van der Waals surface area (Å²) >= 11 is 2.85. The van der Waals surface area contributed by atoms with Crippen molar-refractivity contribution < 1.29 is 19.1 Å². The highest BCUT2D eigenvalue weighted by Crippen LogP contribution is 1.89. The zero-order chi connectivity index (χ0) is 9.56. The minimum Gasteiger partial charge on any atom is -0.453 e. The Kier molecular flexibility index (Phi) is 5.84. The van der Waals surface area contributed by atoms with Crippen LogP contribution in [0.15, 0.2) is 0 Å². The van der Waals surface area contributed by atoms with Crippen molar-refractivity contribution in [1.29, 1.82) is 0 Å². The number of rotatable bonds is 3. The van der Waals surface area contributed by atoms with Crippen LogP contribution in [-0.4, -0.2) is 29.5 Å². The molecule has 0 aliphatic rings. The topological polar surface area (TPSA) is 72.5 Å². The summed E-state index contributed by atoms with van der Waals surface area (Å²) in [7, 11) is 1.74. The van der Waals surface area contributed by atoms with Crippen molar-refractivity contribution in [2.45, 2.75) is 0 Å². The first kappa shape index (κ1) is 11.5. The van der Waals surface area contributed by atoms with Crippen LogP contribution in [0.25, 0.3) is 0 Å². The van der Waals surface area contributed by atoms with E-state index in [0.29, 0.717) is 0 Å². The lowest BCUT2D eigenvalue weighted by atomic mass is 10.6. The minimum absolute atomic E-state index is 0.0353. The van der Waals surface area contributed by atoms with Crippen LogP contribution < -0.4 is 5.32 Å². The van der Waals surface area contributed by atoms with Crippen LogP contribution in [0.2, 0.25) is 0 Å². The molecule has 2 amide bonds. The van der Waals surface area contributed by atoms with Crippen LogP contribution in [-0.2, 0) is 14.3 Å². The summed E-state index contributed by atoms with van der Waals surface area (Å²) < 4.78 is 4.29. The number of imide groups is 1. The Morgan fingerprint density at radius 1 is 1.33 bits per heavy atom. The number of halogens is 1.